The number of halogens is 2. The van der Waals surface area contributed by atoms with E-state index in [0.29, 0.717) is 11.3 Å². The van der Waals surface area contributed by atoms with E-state index in [2.05, 4.69) is 26.6 Å². The fourth-order valence-electron chi connectivity index (χ4n) is 2.28. The lowest BCUT2D eigenvalue weighted by Gasteiger charge is -2.14. The Morgan fingerprint density at radius 3 is 2.80 bits per heavy atom. The second kappa shape index (κ2) is 4.90. The second-order valence-corrected chi connectivity index (χ2v) is 5.62. The molecule has 0 saturated carbocycles. The van der Waals surface area contributed by atoms with Crippen LogP contribution in [0.3, 0.4) is 0 Å². The van der Waals surface area contributed by atoms with Crippen molar-refractivity contribution in [1.29, 1.82) is 0 Å². The molecule has 0 fully saturated rings. The van der Waals surface area contributed by atoms with E-state index in [-0.39, 0.29) is 11.7 Å². The molecular weight excluding hydrogens is 323 g/mol. The van der Waals surface area contributed by atoms with Crippen LogP contribution in [0.1, 0.15) is 17.2 Å². The Hall–Kier alpha value is -1.88. The van der Waals surface area contributed by atoms with Gasteiger partial charge in [-0.1, -0.05) is 15.9 Å². The van der Waals surface area contributed by atoms with Gasteiger partial charge in [-0.3, -0.25) is 4.79 Å². The van der Waals surface area contributed by atoms with Crippen molar-refractivity contribution in [3.05, 3.63) is 57.8 Å². The average molecular weight is 335 g/mol. The molecule has 0 radical (unpaired) electrons. The van der Waals surface area contributed by atoms with Crippen LogP contribution >= 0.6 is 15.9 Å². The summed E-state index contributed by atoms with van der Waals surface area (Å²) in [5.41, 5.74) is 3.18. The van der Waals surface area contributed by atoms with Gasteiger partial charge in [-0.2, -0.15) is 0 Å². The van der Waals surface area contributed by atoms with Crippen LogP contribution in [0.5, 0.6) is 0 Å². The molecule has 2 aromatic rings. The number of aryl methyl sites for hydroxylation is 1. The second-order valence-electron chi connectivity index (χ2n) is 4.76. The highest BCUT2D eigenvalue weighted by Gasteiger charge is 2.30. The first-order chi connectivity index (χ1) is 9.54. The third kappa shape index (κ3) is 2.29. The molecule has 0 aromatic heterocycles. The van der Waals surface area contributed by atoms with Crippen LogP contribution < -0.4 is 10.6 Å². The third-order valence-corrected chi connectivity index (χ3v) is 4.20. The van der Waals surface area contributed by atoms with Gasteiger partial charge in [0.15, 0.2) is 0 Å². The Morgan fingerprint density at radius 2 is 2.05 bits per heavy atom. The summed E-state index contributed by atoms with van der Waals surface area (Å²) in [4.78, 5) is 12.0. The number of benzene rings is 2. The van der Waals surface area contributed by atoms with Gasteiger partial charge in [0.1, 0.15) is 11.9 Å². The van der Waals surface area contributed by atoms with Crippen LogP contribution in [0.25, 0.3) is 0 Å². The van der Waals surface area contributed by atoms with E-state index in [0.717, 1.165) is 15.7 Å². The molecule has 1 aliphatic heterocycles. The Bertz CT molecular complexity index is 702. The summed E-state index contributed by atoms with van der Waals surface area (Å²) in [5.74, 6) is -0.523. The molecule has 1 aliphatic rings. The highest BCUT2D eigenvalue weighted by molar-refractivity contribution is 9.10. The number of anilines is 2. The molecule has 3 rings (SSSR count). The van der Waals surface area contributed by atoms with Crippen LogP contribution in [-0.2, 0) is 4.79 Å². The third-order valence-electron chi connectivity index (χ3n) is 3.31. The van der Waals surface area contributed by atoms with Gasteiger partial charge in [-0.05, 0) is 48.9 Å². The Balaban J connectivity index is 1.93. The standard InChI is InChI=1S/C15H12BrFN2O/c1-8-6-10(3-4-12(8)16)18-14-11-7-9(17)2-5-13(11)19-15(14)20/h2-7,14,18H,1H3,(H,19,20). The fourth-order valence-corrected chi connectivity index (χ4v) is 2.52. The first kappa shape index (κ1) is 13.1. The number of hydrogen-bond acceptors (Lipinski definition) is 2. The molecule has 0 aliphatic carbocycles. The van der Waals surface area contributed by atoms with E-state index in [1.807, 2.05) is 25.1 Å². The molecule has 2 aromatic carbocycles. The average Bonchev–Trinajstić information content (AvgIpc) is 2.70. The van der Waals surface area contributed by atoms with E-state index in [1.165, 1.54) is 12.1 Å². The lowest BCUT2D eigenvalue weighted by molar-refractivity contribution is -0.116. The zero-order valence-electron chi connectivity index (χ0n) is 10.7. The van der Waals surface area contributed by atoms with Crippen LogP contribution in [0.15, 0.2) is 40.9 Å². The van der Waals surface area contributed by atoms with E-state index in [9.17, 15) is 9.18 Å². The van der Waals surface area contributed by atoms with Gasteiger partial charge in [0.25, 0.3) is 5.91 Å². The molecule has 1 unspecified atom stereocenters. The number of rotatable bonds is 2. The lowest BCUT2D eigenvalue weighted by atomic mass is 10.1. The first-order valence-corrected chi connectivity index (χ1v) is 6.97. The number of amides is 1. The minimum absolute atomic E-state index is 0.175. The minimum Gasteiger partial charge on any atom is -0.370 e. The van der Waals surface area contributed by atoms with Gasteiger partial charge in [0.05, 0.1) is 0 Å². The van der Waals surface area contributed by atoms with Crippen molar-refractivity contribution in [3.8, 4) is 0 Å². The normalized spacial score (nSPS) is 16.8. The topological polar surface area (TPSA) is 41.1 Å². The summed E-state index contributed by atoms with van der Waals surface area (Å²) in [6.45, 7) is 1.97. The summed E-state index contributed by atoms with van der Waals surface area (Å²) in [6, 6.07) is 9.47. The first-order valence-electron chi connectivity index (χ1n) is 6.17. The number of hydrogen-bond donors (Lipinski definition) is 2. The van der Waals surface area contributed by atoms with Gasteiger partial charge in [-0.25, -0.2) is 4.39 Å². The Kier molecular flexibility index (Phi) is 3.22. The van der Waals surface area contributed by atoms with Crippen molar-refractivity contribution in [2.75, 3.05) is 10.6 Å². The fraction of sp³-hybridized carbons (Fsp3) is 0.133. The summed E-state index contributed by atoms with van der Waals surface area (Å²) in [7, 11) is 0. The van der Waals surface area contributed by atoms with E-state index in [1.54, 1.807) is 6.07 Å². The predicted molar refractivity (Wildman–Crippen MR) is 80.3 cm³/mol. The molecule has 1 heterocycles. The molecule has 0 saturated heterocycles. The van der Waals surface area contributed by atoms with Crippen molar-refractivity contribution in [2.45, 2.75) is 13.0 Å². The van der Waals surface area contributed by atoms with Crippen LogP contribution in [-0.4, -0.2) is 5.91 Å². The van der Waals surface area contributed by atoms with Gasteiger partial charge < -0.3 is 10.6 Å². The minimum atomic E-state index is -0.568. The maximum Gasteiger partial charge on any atom is 0.251 e. The zero-order chi connectivity index (χ0) is 14.3. The van der Waals surface area contributed by atoms with Gasteiger partial charge in [0.2, 0.25) is 0 Å². The molecule has 5 heteroatoms. The van der Waals surface area contributed by atoms with Gasteiger partial charge >= 0.3 is 0 Å². The monoisotopic (exact) mass is 334 g/mol. The maximum absolute atomic E-state index is 13.3. The van der Waals surface area contributed by atoms with E-state index >= 15 is 0 Å². The predicted octanol–water partition coefficient (Wildman–Crippen LogP) is 4.00. The van der Waals surface area contributed by atoms with Crippen LogP contribution in [0.4, 0.5) is 15.8 Å². The lowest BCUT2D eigenvalue weighted by Crippen LogP contribution is -2.19. The molecule has 102 valence electrons. The highest BCUT2D eigenvalue weighted by atomic mass is 79.9. The quantitative estimate of drug-likeness (QED) is 0.871. The highest BCUT2D eigenvalue weighted by Crippen LogP contribution is 2.34. The van der Waals surface area contributed by atoms with Crippen molar-refractivity contribution in [1.82, 2.24) is 0 Å². The number of carbonyl (C=O) groups excluding carboxylic acids is 1. The maximum atomic E-state index is 13.3. The molecule has 3 nitrogen and oxygen atoms in total. The zero-order valence-corrected chi connectivity index (χ0v) is 12.3. The molecule has 20 heavy (non-hydrogen) atoms. The molecule has 0 spiro atoms. The number of fused-ring (bicyclic) bond motifs is 1. The Morgan fingerprint density at radius 1 is 1.25 bits per heavy atom. The van der Waals surface area contributed by atoms with Gasteiger partial charge in [-0.15, -0.1) is 0 Å². The smallest absolute Gasteiger partial charge is 0.251 e. The summed E-state index contributed by atoms with van der Waals surface area (Å²) < 4.78 is 14.4. The van der Waals surface area contributed by atoms with Crippen LogP contribution in [0.2, 0.25) is 0 Å². The van der Waals surface area contributed by atoms with Crippen molar-refractivity contribution in [2.24, 2.45) is 0 Å². The summed E-state index contributed by atoms with van der Waals surface area (Å²) in [6.07, 6.45) is 0. The Labute approximate surface area is 124 Å². The molecular formula is C15H12BrFN2O. The van der Waals surface area contributed by atoms with Crippen LogP contribution in [0, 0.1) is 12.7 Å². The van der Waals surface area contributed by atoms with Gasteiger partial charge in [0, 0.05) is 21.4 Å². The molecule has 2 N–H and O–H groups in total. The number of carbonyl (C=O) groups is 1. The summed E-state index contributed by atoms with van der Waals surface area (Å²) in [5, 5.41) is 5.89. The van der Waals surface area contributed by atoms with E-state index in [4.69, 9.17) is 0 Å². The molecule has 1 atom stereocenters. The molecule has 0 bridgehead atoms. The van der Waals surface area contributed by atoms with Crippen molar-refractivity contribution < 1.29 is 9.18 Å². The SMILES string of the molecule is Cc1cc(NC2C(=O)Nc3ccc(F)cc32)ccc1Br. The van der Waals surface area contributed by atoms with Crippen molar-refractivity contribution >= 4 is 33.2 Å². The van der Waals surface area contributed by atoms with Crippen molar-refractivity contribution in [3.63, 3.8) is 0 Å². The summed E-state index contributed by atoms with van der Waals surface area (Å²) >= 11 is 3.43. The largest absolute Gasteiger partial charge is 0.370 e. The van der Waals surface area contributed by atoms with E-state index < -0.39 is 6.04 Å². The number of nitrogens with one attached hydrogen (secondary N) is 2. The molecule has 1 amide bonds.